The Kier molecular flexibility index (Phi) is 5.52. The van der Waals surface area contributed by atoms with Gasteiger partial charge in [-0.15, -0.1) is 0 Å². The Morgan fingerprint density at radius 2 is 1.96 bits per heavy atom. The van der Waals surface area contributed by atoms with Crippen LogP contribution in [0.4, 0.5) is 5.69 Å². The van der Waals surface area contributed by atoms with Crippen LogP contribution in [-0.4, -0.2) is 32.6 Å². The molecule has 0 atom stereocenters. The normalized spacial score (nSPS) is 10.6. The van der Waals surface area contributed by atoms with Crippen LogP contribution < -0.4 is 0 Å². The second-order valence-electron chi connectivity index (χ2n) is 6.11. The number of halogens is 1. The molecule has 0 aliphatic rings. The van der Waals surface area contributed by atoms with Gasteiger partial charge in [-0.3, -0.25) is 19.6 Å². The van der Waals surface area contributed by atoms with E-state index in [1.165, 1.54) is 23.1 Å². The number of carbonyl (C=O) groups excluding carboxylic acids is 1. The molecular formula is C19H17ClN4O3. The van der Waals surface area contributed by atoms with Gasteiger partial charge in [0, 0.05) is 36.4 Å². The maximum Gasteiger partial charge on any atom is 0.283 e. The van der Waals surface area contributed by atoms with Crippen LogP contribution in [0.3, 0.4) is 0 Å². The summed E-state index contributed by atoms with van der Waals surface area (Å²) in [5.74, 6) is -0.450. The molecule has 7 nitrogen and oxygen atoms in total. The molecule has 2 aromatic carbocycles. The molecule has 0 radical (unpaired) electrons. The predicted octanol–water partition coefficient (Wildman–Crippen LogP) is 3.77. The van der Waals surface area contributed by atoms with Crippen LogP contribution in [0.5, 0.6) is 0 Å². The first-order valence-corrected chi connectivity index (χ1v) is 8.56. The van der Waals surface area contributed by atoms with Gasteiger partial charge < -0.3 is 4.90 Å². The molecule has 0 saturated carbocycles. The van der Waals surface area contributed by atoms with Gasteiger partial charge in [-0.25, -0.2) is 0 Å². The fourth-order valence-electron chi connectivity index (χ4n) is 2.73. The van der Waals surface area contributed by atoms with Crippen LogP contribution in [0.2, 0.25) is 5.02 Å². The average molecular weight is 385 g/mol. The van der Waals surface area contributed by atoms with Crippen LogP contribution in [0.25, 0.3) is 0 Å². The average Bonchev–Trinajstić information content (AvgIpc) is 3.08. The van der Waals surface area contributed by atoms with Crippen molar-refractivity contribution < 1.29 is 9.72 Å². The molecule has 3 aromatic rings. The molecule has 27 heavy (non-hydrogen) atoms. The number of carbonyl (C=O) groups is 1. The van der Waals surface area contributed by atoms with Crippen molar-refractivity contribution in [1.29, 1.82) is 0 Å². The Bertz CT molecular complexity index is 972. The molecule has 0 aliphatic carbocycles. The maximum atomic E-state index is 12.6. The summed E-state index contributed by atoms with van der Waals surface area (Å²) >= 11 is 5.80. The van der Waals surface area contributed by atoms with Gasteiger partial charge in [-0.2, -0.15) is 5.10 Å². The third-order valence-electron chi connectivity index (χ3n) is 4.03. The van der Waals surface area contributed by atoms with E-state index < -0.39 is 10.8 Å². The molecule has 138 valence electrons. The molecule has 1 aromatic heterocycles. The minimum atomic E-state index is -0.606. The molecule has 0 saturated heterocycles. The van der Waals surface area contributed by atoms with Gasteiger partial charge in [-0.05, 0) is 17.7 Å². The molecular weight excluding hydrogens is 368 g/mol. The van der Waals surface area contributed by atoms with Gasteiger partial charge in [-0.1, -0.05) is 41.9 Å². The highest BCUT2D eigenvalue weighted by Crippen LogP contribution is 2.24. The minimum Gasteiger partial charge on any atom is -0.337 e. The highest BCUT2D eigenvalue weighted by molar-refractivity contribution is 6.31. The van der Waals surface area contributed by atoms with E-state index in [1.807, 2.05) is 36.5 Å². The Morgan fingerprint density at radius 1 is 1.22 bits per heavy atom. The van der Waals surface area contributed by atoms with E-state index in [0.717, 1.165) is 11.1 Å². The third kappa shape index (κ3) is 4.51. The lowest BCUT2D eigenvalue weighted by molar-refractivity contribution is -0.385. The minimum absolute atomic E-state index is 0.00331. The fraction of sp³-hybridized carbons (Fsp3) is 0.158. The summed E-state index contributed by atoms with van der Waals surface area (Å²) in [6.07, 6.45) is 3.54. The molecule has 3 rings (SSSR count). The second kappa shape index (κ2) is 8.01. The van der Waals surface area contributed by atoms with Crippen LogP contribution in [-0.2, 0) is 13.1 Å². The summed E-state index contributed by atoms with van der Waals surface area (Å²) < 4.78 is 1.79. The van der Waals surface area contributed by atoms with E-state index in [-0.39, 0.29) is 22.8 Å². The summed E-state index contributed by atoms with van der Waals surface area (Å²) in [6.45, 7) is 0.911. The van der Waals surface area contributed by atoms with Gasteiger partial charge in [0.05, 0.1) is 17.7 Å². The topological polar surface area (TPSA) is 81.3 Å². The van der Waals surface area contributed by atoms with E-state index in [9.17, 15) is 14.9 Å². The van der Waals surface area contributed by atoms with Gasteiger partial charge in [0.25, 0.3) is 11.6 Å². The lowest BCUT2D eigenvalue weighted by Crippen LogP contribution is -2.26. The standard InChI is InChI=1S/C19H17ClN4O3/c1-22(19(25)17-8-7-16(20)9-18(17)24(26)27)11-15-10-21-23(13-15)12-14-5-3-2-4-6-14/h2-10,13H,11-12H2,1H3. The zero-order valence-corrected chi connectivity index (χ0v) is 15.3. The molecule has 0 fully saturated rings. The molecule has 0 unspecified atom stereocenters. The van der Waals surface area contributed by atoms with Crippen molar-refractivity contribution in [3.8, 4) is 0 Å². The quantitative estimate of drug-likeness (QED) is 0.478. The van der Waals surface area contributed by atoms with Crippen LogP contribution in [0, 0.1) is 10.1 Å². The second-order valence-corrected chi connectivity index (χ2v) is 6.55. The van der Waals surface area contributed by atoms with E-state index >= 15 is 0 Å². The molecule has 0 spiro atoms. The largest absolute Gasteiger partial charge is 0.337 e. The lowest BCUT2D eigenvalue weighted by Gasteiger charge is -2.16. The Balaban J connectivity index is 1.71. The number of nitro groups is 1. The number of amides is 1. The first kappa shape index (κ1) is 18.6. The zero-order valence-electron chi connectivity index (χ0n) is 14.6. The van der Waals surface area contributed by atoms with Crippen LogP contribution >= 0.6 is 11.6 Å². The van der Waals surface area contributed by atoms with Gasteiger partial charge in [0.15, 0.2) is 0 Å². The predicted molar refractivity (Wildman–Crippen MR) is 102 cm³/mol. The first-order chi connectivity index (χ1) is 12.9. The van der Waals surface area contributed by atoms with E-state index in [0.29, 0.717) is 6.54 Å². The number of nitro benzene ring substituents is 1. The smallest absolute Gasteiger partial charge is 0.283 e. The zero-order chi connectivity index (χ0) is 19.4. The summed E-state index contributed by atoms with van der Waals surface area (Å²) in [5.41, 5.74) is 1.65. The number of nitrogens with zero attached hydrogens (tertiary/aromatic N) is 4. The number of hydrogen-bond acceptors (Lipinski definition) is 4. The third-order valence-corrected chi connectivity index (χ3v) is 4.26. The van der Waals surface area contributed by atoms with Crippen molar-refractivity contribution in [3.63, 3.8) is 0 Å². The van der Waals surface area contributed by atoms with Crippen molar-refractivity contribution in [1.82, 2.24) is 14.7 Å². The van der Waals surface area contributed by atoms with Crippen molar-refractivity contribution >= 4 is 23.2 Å². The summed E-state index contributed by atoms with van der Waals surface area (Å²) in [6, 6.07) is 13.9. The number of rotatable bonds is 6. The monoisotopic (exact) mass is 384 g/mol. The van der Waals surface area contributed by atoms with Crippen LogP contribution in [0.1, 0.15) is 21.5 Å². The Labute approximate surface area is 160 Å². The van der Waals surface area contributed by atoms with Gasteiger partial charge >= 0.3 is 0 Å². The first-order valence-electron chi connectivity index (χ1n) is 8.18. The fourth-order valence-corrected chi connectivity index (χ4v) is 2.90. The van der Waals surface area contributed by atoms with Crippen molar-refractivity contribution in [2.24, 2.45) is 0 Å². The van der Waals surface area contributed by atoms with E-state index in [2.05, 4.69) is 5.10 Å². The van der Waals surface area contributed by atoms with Gasteiger partial charge in [0.1, 0.15) is 5.56 Å². The van der Waals surface area contributed by atoms with Crippen molar-refractivity contribution in [2.75, 3.05) is 7.05 Å². The van der Waals surface area contributed by atoms with Crippen molar-refractivity contribution in [3.05, 3.63) is 92.8 Å². The van der Waals surface area contributed by atoms with Crippen molar-refractivity contribution in [2.45, 2.75) is 13.1 Å². The summed E-state index contributed by atoms with van der Waals surface area (Å²) in [5, 5.41) is 15.7. The number of aromatic nitrogens is 2. The summed E-state index contributed by atoms with van der Waals surface area (Å²) in [4.78, 5) is 24.6. The highest BCUT2D eigenvalue weighted by atomic mass is 35.5. The number of benzene rings is 2. The lowest BCUT2D eigenvalue weighted by atomic mass is 10.1. The number of hydrogen-bond donors (Lipinski definition) is 0. The molecule has 0 aliphatic heterocycles. The van der Waals surface area contributed by atoms with Gasteiger partial charge in [0.2, 0.25) is 0 Å². The Morgan fingerprint density at radius 3 is 2.67 bits per heavy atom. The molecule has 1 amide bonds. The van der Waals surface area contributed by atoms with Crippen LogP contribution in [0.15, 0.2) is 60.9 Å². The Hall–Kier alpha value is -3.19. The molecule has 0 bridgehead atoms. The van der Waals surface area contributed by atoms with E-state index in [1.54, 1.807) is 17.9 Å². The van der Waals surface area contributed by atoms with E-state index in [4.69, 9.17) is 11.6 Å². The SMILES string of the molecule is CN(Cc1cnn(Cc2ccccc2)c1)C(=O)c1ccc(Cl)cc1[N+](=O)[O-]. The molecule has 1 heterocycles. The summed E-state index contributed by atoms with van der Waals surface area (Å²) in [7, 11) is 1.59. The molecule has 0 N–H and O–H groups in total. The highest BCUT2D eigenvalue weighted by Gasteiger charge is 2.23. The maximum absolute atomic E-state index is 12.6. The molecule has 8 heteroatoms.